The minimum atomic E-state index is -0.443. The molecule has 0 aromatic heterocycles. The van der Waals surface area contributed by atoms with Crippen LogP contribution >= 0.6 is 0 Å². The Labute approximate surface area is 84.7 Å². The van der Waals surface area contributed by atoms with Gasteiger partial charge in [-0.1, -0.05) is 0 Å². The lowest BCUT2D eigenvalue weighted by Crippen LogP contribution is -2.32. The number of ether oxygens (including phenoxy) is 2. The topological polar surface area (TPSA) is 61.5 Å². The summed E-state index contributed by atoms with van der Waals surface area (Å²) in [6.45, 7) is 6.01. The molecule has 0 aromatic carbocycles. The summed E-state index contributed by atoms with van der Waals surface area (Å²) in [6, 6.07) is 0. The molecule has 0 spiro atoms. The van der Waals surface area contributed by atoms with E-state index in [0.717, 1.165) is 12.8 Å². The van der Waals surface area contributed by atoms with Crippen LogP contribution in [0.4, 0.5) is 0 Å². The minimum Gasteiger partial charge on any atom is -0.458 e. The van der Waals surface area contributed by atoms with Gasteiger partial charge in [0.05, 0.1) is 6.10 Å². The Morgan fingerprint density at radius 1 is 1.50 bits per heavy atom. The fourth-order valence-electron chi connectivity index (χ4n) is 1.42. The summed E-state index contributed by atoms with van der Waals surface area (Å²) >= 11 is 0. The highest BCUT2D eigenvalue weighted by atomic mass is 16.6. The van der Waals surface area contributed by atoms with Gasteiger partial charge in [-0.15, -0.1) is 0 Å². The number of esters is 1. The molecule has 14 heavy (non-hydrogen) atoms. The summed E-state index contributed by atoms with van der Waals surface area (Å²) in [7, 11) is 0. The molecule has 2 N–H and O–H groups in total. The van der Waals surface area contributed by atoms with Crippen LogP contribution in [-0.4, -0.2) is 30.3 Å². The van der Waals surface area contributed by atoms with Gasteiger partial charge in [-0.05, 0) is 33.6 Å². The summed E-state index contributed by atoms with van der Waals surface area (Å²) in [5, 5.41) is 0. The normalized spacial score (nSPS) is 27.7. The maximum atomic E-state index is 11.5. The van der Waals surface area contributed by atoms with E-state index in [1.54, 1.807) is 0 Å². The quantitative estimate of drug-likeness (QED) is 0.672. The molecule has 0 aromatic rings. The molecule has 1 fully saturated rings. The van der Waals surface area contributed by atoms with E-state index in [1.807, 2.05) is 20.8 Å². The first-order valence-corrected chi connectivity index (χ1v) is 5.01. The predicted molar refractivity (Wildman–Crippen MR) is 52.8 cm³/mol. The average Bonchev–Trinajstić information content (AvgIpc) is 2.48. The van der Waals surface area contributed by atoms with E-state index in [-0.39, 0.29) is 12.1 Å². The van der Waals surface area contributed by atoms with Crippen molar-refractivity contribution in [3.05, 3.63) is 0 Å². The molecule has 0 radical (unpaired) electrons. The molecule has 2 atom stereocenters. The molecule has 1 rings (SSSR count). The van der Waals surface area contributed by atoms with Crippen molar-refractivity contribution < 1.29 is 14.3 Å². The van der Waals surface area contributed by atoms with E-state index in [1.165, 1.54) is 0 Å². The monoisotopic (exact) mass is 201 g/mol. The highest BCUT2D eigenvalue weighted by molar-refractivity contribution is 5.75. The van der Waals surface area contributed by atoms with Crippen molar-refractivity contribution >= 4 is 5.97 Å². The van der Waals surface area contributed by atoms with Crippen LogP contribution in [0.2, 0.25) is 0 Å². The first kappa shape index (κ1) is 11.5. The number of nitrogens with two attached hydrogens (primary N) is 1. The zero-order chi connectivity index (χ0) is 10.8. The van der Waals surface area contributed by atoms with Gasteiger partial charge in [0.2, 0.25) is 0 Å². The smallest absolute Gasteiger partial charge is 0.335 e. The molecule has 0 aliphatic carbocycles. The van der Waals surface area contributed by atoms with Crippen LogP contribution in [0.1, 0.15) is 33.6 Å². The van der Waals surface area contributed by atoms with E-state index < -0.39 is 11.7 Å². The van der Waals surface area contributed by atoms with Gasteiger partial charge in [-0.2, -0.15) is 0 Å². The van der Waals surface area contributed by atoms with Gasteiger partial charge in [0.25, 0.3) is 0 Å². The van der Waals surface area contributed by atoms with Gasteiger partial charge in [0, 0.05) is 6.54 Å². The van der Waals surface area contributed by atoms with Gasteiger partial charge in [0.15, 0.2) is 6.10 Å². The number of carbonyl (C=O) groups excluding carboxylic acids is 1. The average molecular weight is 201 g/mol. The highest BCUT2D eigenvalue weighted by Crippen LogP contribution is 2.21. The Balaban J connectivity index is 2.40. The standard InChI is InChI=1S/C10H19NO3/c1-10(2,3)14-9(12)8-5-4-7(6-11)13-8/h7-8H,4-6,11H2,1-3H3/t7-,8+/m1/s1. The second kappa shape index (κ2) is 4.28. The van der Waals surface area contributed by atoms with E-state index in [4.69, 9.17) is 15.2 Å². The molecule has 0 bridgehead atoms. The van der Waals surface area contributed by atoms with Crippen molar-refractivity contribution in [3.8, 4) is 0 Å². The third-order valence-electron chi connectivity index (χ3n) is 2.04. The van der Waals surface area contributed by atoms with E-state index in [9.17, 15) is 4.79 Å². The summed E-state index contributed by atoms with van der Waals surface area (Å²) in [6.07, 6.45) is 1.17. The van der Waals surface area contributed by atoms with Crippen molar-refractivity contribution in [2.75, 3.05) is 6.54 Å². The van der Waals surface area contributed by atoms with Gasteiger partial charge in [-0.25, -0.2) is 4.79 Å². The van der Waals surface area contributed by atoms with Crippen LogP contribution in [0, 0.1) is 0 Å². The maximum Gasteiger partial charge on any atom is 0.335 e. The van der Waals surface area contributed by atoms with E-state index in [0.29, 0.717) is 6.54 Å². The van der Waals surface area contributed by atoms with Crippen molar-refractivity contribution in [1.82, 2.24) is 0 Å². The molecule has 4 heteroatoms. The van der Waals surface area contributed by atoms with Crippen molar-refractivity contribution in [3.63, 3.8) is 0 Å². The molecule has 4 nitrogen and oxygen atoms in total. The van der Waals surface area contributed by atoms with Crippen LogP contribution in [0.25, 0.3) is 0 Å². The van der Waals surface area contributed by atoms with Gasteiger partial charge < -0.3 is 15.2 Å². The molecule has 1 saturated heterocycles. The molecular weight excluding hydrogens is 182 g/mol. The Morgan fingerprint density at radius 3 is 2.57 bits per heavy atom. The first-order chi connectivity index (χ1) is 6.42. The largest absolute Gasteiger partial charge is 0.458 e. The SMILES string of the molecule is CC(C)(C)OC(=O)[C@@H]1CC[C@H](CN)O1. The third kappa shape index (κ3) is 3.27. The lowest BCUT2D eigenvalue weighted by Gasteiger charge is -2.22. The number of hydrogen-bond donors (Lipinski definition) is 1. The number of hydrogen-bond acceptors (Lipinski definition) is 4. The Hall–Kier alpha value is -0.610. The van der Waals surface area contributed by atoms with Crippen LogP contribution in [0.15, 0.2) is 0 Å². The molecule has 1 aliphatic heterocycles. The molecule has 82 valence electrons. The van der Waals surface area contributed by atoms with E-state index in [2.05, 4.69) is 0 Å². The van der Waals surface area contributed by atoms with Crippen LogP contribution in [0.5, 0.6) is 0 Å². The summed E-state index contributed by atoms with van der Waals surface area (Å²) in [5.74, 6) is -0.270. The molecule has 0 amide bonds. The predicted octanol–water partition coefficient (Wildman–Crippen LogP) is 0.834. The van der Waals surface area contributed by atoms with Crippen molar-refractivity contribution in [2.24, 2.45) is 5.73 Å². The zero-order valence-electron chi connectivity index (χ0n) is 9.08. The first-order valence-electron chi connectivity index (χ1n) is 5.01. The highest BCUT2D eigenvalue weighted by Gasteiger charge is 2.33. The van der Waals surface area contributed by atoms with Gasteiger partial charge in [-0.3, -0.25) is 0 Å². The lowest BCUT2D eigenvalue weighted by molar-refractivity contribution is -0.167. The maximum absolute atomic E-state index is 11.5. The summed E-state index contributed by atoms with van der Waals surface area (Å²) < 4.78 is 10.6. The zero-order valence-corrected chi connectivity index (χ0v) is 9.08. The Bertz CT molecular complexity index is 210. The van der Waals surface area contributed by atoms with Crippen LogP contribution in [-0.2, 0) is 14.3 Å². The molecular formula is C10H19NO3. The summed E-state index contributed by atoms with van der Waals surface area (Å²) in [4.78, 5) is 11.5. The third-order valence-corrected chi connectivity index (χ3v) is 2.04. The second-order valence-electron chi connectivity index (χ2n) is 4.59. The summed E-state index contributed by atoms with van der Waals surface area (Å²) in [5.41, 5.74) is 5.00. The fraction of sp³-hybridized carbons (Fsp3) is 0.900. The van der Waals surface area contributed by atoms with Crippen molar-refractivity contribution in [2.45, 2.75) is 51.4 Å². The fourth-order valence-corrected chi connectivity index (χ4v) is 1.42. The minimum absolute atomic E-state index is 0.0209. The molecule has 1 aliphatic rings. The second-order valence-corrected chi connectivity index (χ2v) is 4.59. The Morgan fingerprint density at radius 2 is 2.14 bits per heavy atom. The number of rotatable bonds is 2. The van der Waals surface area contributed by atoms with Crippen LogP contribution < -0.4 is 5.73 Å². The Kier molecular flexibility index (Phi) is 3.50. The van der Waals surface area contributed by atoms with Crippen LogP contribution in [0.3, 0.4) is 0 Å². The van der Waals surface area contributed by atoms with Gasteiger partial charge >= 0.3 is 5.97 Å². The molecule has 0 unspecified atom stereocenters. The molecule has 0 saturated carbocycles. The van der Waals surface area contributed by atoms with Gasteiger partial charge in [0.1, 0.15) is 5.60 Å². The lowest BCUT2D eigenvalue weighted by atomic mass is 10.1. The van der Waals surface area contributed by atoms with E-state index >= 15 is 0 Å². The van der Waals surface area contributed by atoms with Crippen molar-refractivity contribution in [1.29, 1.82) is 0 Å². The molecule has 1 heterocycles. The number of carbonyl (C=O) groups is 1.